The van der Waals surface area contributed by atoms with Crippen molar-refractivity contribution in [3.63, 3.8) is 0 Å². The van der Waals surface area contributed by atoms with Crippen molar-refractivity contribution in [2.45, 2.75) is 6.92 Å². The number of benzene rings is 2. The highest BCUT2D eigenvalue weighted by atomic mass is 16.5. The Morgan fingerprint density at radius 2 is 1.55 bits per heavy atom. The Labute approximate surface area is 129 Å². The molecular formula is C18H18O4. The van der Waals surface area contributed by atoms with Gasteiger partial charge in [0.1, 0.15) is 23.9 Å². The molecule has 0 atom stereocenters. The van der Waals surface area contributed by atoms with E-state index in [0.29, 0.717) is 29.4 Å². The third-order valence-electron chi connectivity index (χ3n) is 2.94. The summed E-state index contributed by atoms with van der Waals surface area (Å²) >= 11 is 0. The van der Waals surface area contributed by atoms with E-state index in [0.717, 1.165) is 0 Å². The summed E-state index contributed by atoms with van der Waals surface area (Å²) in [7, 11) is 1.58. The van der Waals surface area contributed by atoms with E-state index < -0.39 is 5.97 Å². The first-order valence-electron chi connectivity index (χ1n) is 6.93. The molecule has 22 heavy (non-hydrogen) atoms. The van der Waals surface area contributed by atoms with Crippen LogP contribution in [0, 0.1) is 0 Å². The van der Waals surface area contributed by atoms with Crippen LogP contribution in [-0.4, -0.2) is 19.7 Å². The molecule has 0 fully saturated rings. The van der Waals surface area contributed by atoms with Gasteiger partial charge in [-0.1, -0.05) is 12.2 Å². The van der Waals surface area contributed by atoms with Crippen LogP contribution in [-0.2, 0) is 0 Å². The molecule has 2 rings (SSSR count). The number of methoxy groups -OCH3 is 1. The Balaban J connectivity index is 1.96. The molecule has 0 saturated carbocycles. The molecule has 0 unspecified atom stereocenters. The predicted molar refractivity (Wildman–Crippen MR) is 84.7 cm³/mol. The van der Waals surface area contributed by atoms with Gasteiger partial charge >= 0.3 is 5.97 Å². The number of rotatable bonds is 6. The van der Waals surface area contributed by atoms with Gasteiger partial charge in [-0.3, -0.25) is 0 Å². The third-order valence-corrected chi connectivity index (χ3v) is 2.94. The van der Waals surface area contributed by atoms with Crippen LogP contribution in [0.15, 0.2) is 60.7 Å². The standard InChI is InChI=1S/C18H18O4/c1-3-4-13-21-16-7-5-14(6-8-16)18(19)22-17-11-9-15(20-2)10-12-17/h3-12H,13H2,1-2H3. The molecule has 0 radical (unpaired) electrons. The van der Waals surface area contributed by atoms with Crippen LogP contribution in [0.3, 0.4) is 0 Å². The highest BCUT2D eigenvalue weighted by Gasteiger charge is 2.08. The van der Waals surface area contributed by atoms with Gasteiger partial charge in [0.15, 0.2) is 0 Å². The average Bonchev–Trinajstić information content (AvgIpc) is 2.56. The van der Waals surface area contributed by atoms with Gasteiger partial charge in [-0.25, -0.2) is 4.79 Å². The van der Waals surface area contributed by atoms with Gasteiger partial charge in [0.05, 0.1) is 12.7 Å². The number of allylic oxidation sites excluding steroid dienone is 1. The van der Waals surface area contributed by atoms with Crippen molar-refractivity contribution in [2.75, 3.05) is 13.7 Å². The molecule has 0 N–H and O–H groups in total. The molecule has 0 bridgehead atoms. The van der Waals surface area contributed by atoms with Crippen LogP contribution >= 0.6 is 0 Å². The maximum absolute atomic E-state index is 12.0. The topological polar surface area (TPSA) is 44.8 Å². The van der Waals surface area contributed by atoms with Gasteiger partial charge in [0.25, 0.3) is 0 Å². The Morgan fingerprint density at radius 1 is 0.955 bits per heavy atom. The second kappa shape index (κ2) is 7.88. The molecule has 0 amide bonds. The normalized spacial score (nSPS) is 10.5. The zero-order valence-corrected chi connectivity index (χ0v) is 12.6. The SMILES string of the molecule is CC=CCOc1ccc(C(=O)Oc2ccc(OC)cc2)cc1. The summed E-state index contributed by atoms with van der Waals surface area (Å²) in [5.74, 6) is 1.48. The van der Waals surface area contributed by atoms with Crippen LogP contribution < -0.4 is 14.2 Å². The first kappa shape index (κ1) is 15.6. The fourth-order valence-electron chi connectivity index (χ4n) is 1.74. The fraction of sp³-hybridized carbons (Fsp3) is 0.167. The largest absolute Gasteiger partial charge is 0.497 e. The minimum Gasteiger partial charge on any atom is -0.497 e. The molecular weight excluding hydrogens is 280 g/mol. The second-order valence-corrected chi connectivity index (χ2v) is 4.47. The van der Waals surface area contributed by atoms with Gasteiger partial charge in [-0.05, 0) is 55.5 Å². The number of ether oxygens (including phenoxy) is 3. The molecule has 0 aliphatic rings. The summed E-state index contributed by atoms with van der Waals surface area (Å²) in [6.07, 6.45) is 3.83. The Hall–Kier alpha value is -2.75. The molecule has 0 aliphatic heterocycles. The van der Waals surface area contributed by atoms with Crippen molar-refractivity contribution in [3.05, 3.63) is 66.2 Å². The Bertz CT molecular complexity index is 627. The molecule has 0 spiro atoms. The lowest BCUT2D eigenvalue weighted by Crippen LogP contribution is -2.08. The fourth-order valence-corrected chi connectivity index (χ4v) is 1.74. The molecule has 4 heteroatoms. The van der Waals surface area contributed by atoms with Crippen LogP contribution in [0.5, 0.6) is 17.2 Å². The summed E-state index contributed by atoms with van der Waals surface area (Å²) in [5, 5.41) is 0. The zero-order valence-electron chi connectivity index (χ0n) is 12.6. The summed E-state index contributed by atoms with van der Waals surface area (Å²) in [5.41, 5.74) is 0.467. The molecule has 4 nitrogen and oxygen atoms in total. The summed E-state index contributed by atoms with van der Waals surface area (Å²) in [6, 6.07) is 13.7. The van der Waals surface area contributed by atoms with E-state index in [-0.39, 0.29) is 0 Å². The van der Waals surface area contributed by atoms with E-state index >= 15 is 0 Å². The van der Waals surface area contributed by atoms with Gasteiger partial charge in [-0.15, -0.1) is 0 Å². The zero-order chi connectivity index (χ0) is 15.8. The average molecular weight is 298 g/mol. The minimum atomic E-state index is -0.412. The van der Waals surface area contributed by atoms with E-state index in [2.05, 4.69) is 0 Å². The first-order valence-corrected chi connectivity index (χ1v) is 6.93. The van der Waals surface area contributed by atoms with Gasteiger partial charge in [0, 0.05) is 0 Å². The van der Waals surface area contributed by atoms with E-state index in [1.165, 1.54) is 0 Å². The predicted octanol–water partition coefficient (Wildman–Crippen LogP) is 3.87. The number of esters is 1. The number of hydrogen-bond donors (Lipinski definition) is 0. The lowest BCUT2D eigenvalue weighted by Gasteiger charge is -2.07. The van der Waals surface area contributed by atoms with Gasteiger partial charge < -0.3 is 14.2 Å². The van der Waals surface area contributed by atoms with Crippen molar-refractivity contribution >= 4 is 5.97 Å². The molecule has 0 aromatic heterocycles. The van der Waals surface area contributed by atoms with E-state index in [1.54, 1.807) is 55.6 Å². The van der Waals surface area contributed by atoms with E-state index in [1.807, 2.05) is 19.1 Å². The van der Waals surface area contributed by atoms with Crippen LogP contribution in [0.4, 0.5) is 0 Å². The van der Waals surface area contributed by atoms with Crippen molar-refractivity contribution in [1.29, 1.82) is 0 Å². The molecule has 0 saturated heterocycles. The van der Waals surface area contributed by atoms with E-state index in [9.17, 15) is 4.79 Å². The minimum absolute atomic E-state index is 0.412. The lowest BCUT2D eigenvalue weighted by molar-refractivity contribution is 0.0734. The highest BCUT2D eigenvalue weighted by molar-refractivity contribution is 5.91. The number of carbonyl (C=O) groups is 1. The lowest BCUT2D eigenvalue weighted by atomic mass is 10.2. The van der Waals surface area contributed by atoms with Crippen LogP contribution in [0.2, 0.25) is 0 Å². The smallest absolute Gasteiger partial charge is 0.343 e. The number of hydrogen-bond acceptors (Lipinski definition) is 4. The number of carbonyl (C=O) groups excluding carboxylic acids is 1. The van der Waals surface area contributed by atoms with Crippen LogP contribution in [0.25, 0.3) is 0 Å². The monoisotopic (exact) mass is 298 g/mol. The van der Waals surface area contributed by atoms with Crippen molar-refractivity contribution in [1.82, 2.24) is 0 Å². The first-order chi connectivity index (χ1) is 10.7. The molecule has 114 valence electrons. The Morgan fingerprint density at radius 3 is 2.14 bits per heavy atom. The quantitative estimate of drug-likeness (QED) is 0.461. The highest BCUT2D eigenvalue weighted by Crippen LogP contribution is 2.19. The maximum Gasteiger partial charge on any atom is 0.343 e. The van der Waals surface area contributed by atoms with E-state index in [4.69, 9.17) is 14.2 Å². The van der Waals surface area contributed by atoms with Crippen molar-refractivity contribution < 1.29 is 19.0 Å². The molecule has 0 aliphatic carbocycles. The van der Waals surface area contributed by atoms with Gasteiger partial charge in [-0.2, -0.15) is 0 Å². The second-order valence-electron chi connectivity index (χ2n) is 4.47. The van der Waals surface area contributed by atoms with Crippen LogP contribution in [0.1, 0.15) is 17.3 Å². The molecule has 0 heterocycles. The Kier molecular flexibility index (Phi) is 5.60. The van der Waals surface area contributed by atoms with Crippen molar-refractivity contribution in [3.8, 4) is 17.2 Å². The summed E-state index contributed by atoms with van der Waals surface area (Å²) in [4.78, 5) is 12.0. The third kappa shape index (κ3) is 4.38. The molecule has 2 aromatic rings. The molecule has 2 aromatic carbocycles. The van der Waals surface area contributed by atoms with Gasteiger partial charge in [0.2, 0.25) is 0 Å². The summed E-state index contributed by atoms with van der Waals surface area (Å²) in [6.45, 7) is 2.44. The summed E-state index contributed by atoms with van der Waals surface area (Å²) < 4.78 is 15.8. The maximum atomic E-state index is 12.0. The van der Waals surface area contributed by atoms with Crippen molar-refractivity contribution in [2.24, 2.45) is 0 Å².